The molecule has 1 amide bonds. The highest BCUT2D eigenvalue weighted by Gasteiger charge is 2.05. The number of hydrogen-bond donors (Lipinski definition) is 3. The van der Waals surface area contributed by atoms with Crippen molar-refractivity contribution in [3.05, 3.63) is 35.4 Å². The predicted octanol–water partition coefficient (Wildman–Crippen LogP) is 2.86. The van der Waals surface area contributed by atoms with Crippen LogP contribution in [0, 0.1) is 0 Å². The summed E-state index contributed by atoms with van der Waals surface area (Å²) in [6.07, 6.45) is 3.11. The van der Waals surface area contributed by atoms with Gasteiger partial charge in [-0.05, 0) is 44.5 Å². The minimum Gasteiger partial charge on any atom is -0.385 e. The molecule has 0 unspecified atom stereocenters. The molecule has 0 aliphatic carbocycles. The van der Waals surface area contributed by atoms with E-state index in [1.807, 2.05) is 24.3 Å². The highest BCUT2D eigenvalue weighted by Crippen LogP contribution is 2.06. The van der Waals surface area contributed by atoms with Crippen LogP contribution in [0.25, 0.3) is 0 Å². The number of rotatable bonds is 14. The van der Waals surface area contributed by atoms with Crippen LogP contribution in [0.15, 0.2) is 29.3 Å². The summed E-state index contributed by atoms with van der Waals surface area (Å²) in [5.74, 6) is 0.789. The molecule has 0 aliphatic rings. The molecule has 1 aromatic carbocycles. The van der Waals surface area contributed by atoms with E-state index in [1.165, 1.54) is 0 Å². The Bertz CT molecular complexity index is 596. The van der Waals surface area contributed by atoms with Crippen molar-refractivity contribution < 1.29 is 9.53 Å². The standard InChI is InChI=1S/C22H39N5O2.HI/c1-5-7-13-24-21(28)20-11-9-19(10-12-20)18-26-22(23-6-2)25-14-16-27(3)15-8-17-29-4;/h9-12H,5-8,13-18H2,1-4H3,(H,24,28)(H2,23,25,26);1H. The van der Waals surface area contributed by atoms with Gasteiger partial charge >= 0.3 is 0 Å². The molecule has 0 atom stereocenters. The first kappa shape index (κ1) is 28.6. The lowest BCUT2D eigenvalue weighted by Crippen LogP contribution is -2.41. The van der Waals surface area contributed by atoms with Crippen molar-refractivity contribution in [3.8, 4) is 0 Å². The molecule has 7 nitrogen and oxygen atoms in total. The van der Waals surface area contributed by atoms with Crippen LogP contribution in [0.2, 0.25) is 0 Å². The number of ether oxygens (including phenoxy) is 1. The summed E-state index contributed by atoms with van der Waals surface area (Å²) in [4.78, 5) is 19.0. The minimum absolute atomic E-state index is 0. The number of amides is 1. The van der Waals surface area contributed by atoms with Crippen molar-refractivity contribution in [2.24, 2.45) is 4.99 Å². The van der Waals surface area contributed by atoms with Crippen LogP contribution in [0.1, 0.15) is 49.0 Å². The normalized spacial score (nSPS) is 11.2. The molecule has 0 aliphatic heterocycles. The maximum absolute atomic E-state index is 12.1. The molecule has 0 fully saturated rings. The Morgan fingerprint density at radius 3 is 2.40 bits per heavy atom. The largest absolute Gasteiger partial charge is 0.385 e. The lowest BCUT2D eigenvalue weighted by Gasteiger charge is -2.18. The van der Waals surface area contributed by atoms with E-state index < -0.39 is 0 Å². The van der Waals surface area contributed by atoms with E-state index in [2.05, 4.69) is 46.7 Å². The maximum Gasteiger partial charge on any atom is 0.251 e. The second kappa shape index (κ2) is 18.4. The minimum atomic E-state index is -0.0156. The van der Waals surface area contributed by atoms with Gasteiger partial charge in [0.1, 0.15) is 0 Å². The molecule has 0 spiro atoms. The van der Waals surface area contributed by atoms with E-state index in [-0.39, 0.29) is 29.9 Å². The monoisotopic (exact) mass is 533 g/mol. The number of carbonyl (C=O) groups is 1. The van der Waals surface area contributed by atoms with Crippen LogP contribution in [-0.4, -0.2) is 70.3 Å². The van der Waals surface area contributed by atoms with Gasteiger partial charge in [0.25, 0.3) is 5.91 Å². The van der Waals surface area contributed by atoms with Gasteiger partial charge in [-0.15, -0.1) is 24.0 Å². The Kier molecular flexibility index (Phi) is 17.5. The lowest BCUT2D eigenvalue weighted by molar-refractivity contribution is 0.0953. The molecule has 3 N–H and O–H groups in total. The second-order valence-electron chi connectivity index (χ2n) is 7.08. The van der Waals surface area contributed by atoms with E-state index >= 15 is 0 Å². The molecule has 0 saturated carbocycles. The fraction of sp³-hybridized carbons (Fsp3) is 0.636. The van der Waals surface area contributed by atoms with Gasteiger partial charge in [-0.2, -0.15) is 0 Å². The number of nitrogens with one attached hydrogen (secondary N) is 3. The summed E-state index contributed by atoms with van der Waals surface area (Å²) in [5.41, 5.74) is 1.76. The number of unbranched alkanes of at least 4 members (excludes halogenated alkanes) is 1. The van der Waals surface area contributed by atoms with Crippen molar-refractivity contribution in [1.29, 1.82) is 0 Å². The first-order chi connectivity index (χ1) is 14.1. The molecular weight excluding hydrogens is 493 g/mol. The van der Waals surface area contributed by atoms with E-state index in [9.17, 15) is 4.79 Å². The Balaban J connectivity index is 0.00000841. The number of aliphatic imine (C=N–C) groups is 1. The molecule has 172 valence electrons. The molecule has 1 rings (SSSR count). The van der Waals surface area contributed by atoms with Gasteiger partial charge in [-0.1, -0.05) is 25.5 Å². The van der Waals surface area contributed by atoms with Crippen molar-refractivity contribution in [2.45, 2.75) is 39.7 Å². The van der Waals surface area contributed by atoms with Crippen LogP contribution in [0.5, 0.6) is 0 Å². The molecule has 30 heavy (non-hydrogen) atoms. The van der Waals surface area contributed by atoms with E-state index in [4.69, 9.17) is 4.74 Å². The first-order valence-electron chi connectivity index (χ1n) is 10.7. The van der Waals surface area contributed by atoms with Crippen LogP contribution >= 0.6 is 24.0 Å². The molecule has 0 bridgehead atoms. The smallest absolute Gasteiger partial charge is 0.251 e. The topological polar surface area (TPSA) is 78.0 Å². The van der Waals surface area contributed by atoms with Gasteiger partial charge in [0.15, 0.2) is 5.96 Å². The highest BCUT2D eigenvalue weighted by molar-refractivity contribution is 14.0. The third-order valence-electron chi connectivity index (χ3n) is 4.47. The summed E-state index contributed by atoms with van der Waals surface area (Å²) >= 11 is 0. The fourth-order valence-electron chi connectivity index (χ4n) is 2.71. The number of methoxy groups -OCH3 is 1. The number of halogens is 1. The van der Waals surface area contributed by atoms with Gasteiger partial charge in [-0.25, -0.2) is 4.99 Å². The van der Waals surface area contributed by atoms with Crippen LogP contribution < -0.4 is 16.0 Å². The van der Waals surface area contributed by atoms with Gasteiger partial charge in [0.05, 0.1) is 6.54 Å². The average molecular weight is 533 g/mol. The van der Waals surface area contributed by atoms with Crippen molar-refractivity contribution in [1.82, 2.24) is 20.9 Å². The Morgan fingerprint density at radius 2 is 1.77 bits per heavy atom. The molecule has 0 heterocycles. The van der Waals surface area contributed by atoms with Crippen LogP contribution in [0.3, 0.4) is 0 Å². The summed E-state index contributed by atoms with van der Waals surface area (Å²) in [5, 5.41) is 9.58. The zero-order chi connectivity index (χ0) is 21.3. The Morgan fingerprint density at radius 1 is 1.03 bits per heavy atom. The summed E-state index contributed by atoms with van der Waals surface area (Å²) < 4.78 is 5.09. The van der Waals surface area contributed by atoms with Gasteiger partial charge in [-0.3, -0.25) is 4.79 Å². The predicted molar refractivity (Wildman–Crippen MR) is 136 cm³/mol. The Hall–Kier alpha value is -1.39. The van der Waals surface area contributed by atoms with E-state index in [0.29, 0.717) is 12.1 Å². The quantitative estimate of drug-likeness (QED) is 0.148. The van der Waals surface area contributed by atoms with Crippen LogP contribution in [-0.2, 0) is 11.3 Å². The van der Waals surface area contributed by atoms with Crippen molar-refractivity contribution in [2.75, 3.05) is 53.5 Å². The number of carbonyl (C=O) groups excluding carboxylic acids is 1. The Labute approximate surface area is 199 Å². The van der Waals surface area contributed by atoms with E-state index in [0.717, 1.165) is 70.1 Å². The maximum atomic E-state index is 12.1. The molecule has 1 aromatic rings. The molecule has 0 aromatic heterocycles. The van der Waals surface area contributed by atoms with E-state index in [1.54, 1.807) is 7.11 Å². The number of benzene rings is 1. The van der Waals surface area contributed by atoms with Crippen molar-refractivity contribution >= 4 is 35.8 Å². The third-order valence-corrected chi connectivity index (χ3v) is 4.47. The second-order valence-corrected chi connectivity index (χ2v) is 7.08. The highest BCUT2D eigenvalue weighted by atomic mass is 127. The molecular formula is C22H40IN5O2. The number of nitrogens with zero attached hydrogens (tertiary/aromatic N) is 2. The van der Waals surface area contributed by atoms with Gasteiger partial charge in [0, 0.05) is 52.0 Å². The summed E-state index contributed by atoms with van der Waals surface area (Å²) in [7, 11) is 3.85. The van der Waals surface area contributed by atoms with Gasteiger partial charge < -0.3 is 25.6 Å². The third kappa shape index (κ3) is 13.0. The molecule has 0 radical (unpaired) electrons. The summed E-state index contributed by atoms with van der Waals surface area (Å²) in [6, 6.07) is 7.65. The average Bonchev–Trinajstić information content (AvgIpc) is 2.72. The van der Waals surface area contributed by atoms with Crippen LogP contribution in [0.4, 0.5) is 0 Å². The summed E-state index contributed by atoms with van der Waals surface area (Å²) in [6.45, 7) is 9.84. The SMILES string of the molecule is CCCCNC(=O)c1ccc(CN=C(NCC)NCCN(C)CCCOC)cc1.I. The molecule has 8 heteroatoms. The van der Waals surface area contributed by atoms with Gasteiger partial charge in [0.2, 0.25) is 0 Å². The lowest BCUT2D eigenvalue weighted by atomic mass is 10.1. The fourth-order valence-corrected chi connectivity index (χ4v) is 2.71. The number of likely N-dealkylation sites (N-methyl/N-ethyl adjacent to an activating group) is 1. The first-order valence-corrected chi connectivity index (χ1v) is 10.7. The van der Waals surface area contributed by atoms with Crippen molar-refractivity contribution in [3.63, 3.8) is 0 Å². The number of guanidine groups is 1. The molecule has 0 saturated heterocycles. The number of hydrogen-bond acceptors (Lipinski definition) is 4. The zero-order valence-corrected chi connectivity index (χ0v) is 21.3. The zero-order valence-electron chi connectivity index (χ0n) is 19.0.